The Balaban J connectivity index is 1.27. The van der Waals surface area contributed by atoms with Crippen molar-refractivity contribution in [2.75, 3.05) is 50.0 Å². The fourth-order valence-corrected chi connectivity index (χ4v) is 3.94. The van der Waals surface area contributed by atoms with Crippen molar-refractivity contribution in [1.29, 1.82) is 0 Å². The number of piperazine rings is 1. The Kier molecular flexibility index (Phi) is 5.80. The van der Waals surface area contributed by atoms with Crippen LogP contribution in [0, 0.1) is 0 Å². The number of aromatic amines is 1. The highest BCUT2D eigenvalue weighted by Gasteiger charge is 2.22. The number of nitrogens with zero attached hydrogens (tertiary/aromatic N) is 3. The lowest BCUT2D eigenvalue weighted by atomic mass is 9.96. The van der Waals surface area contributed by atoms with E-state index >= 15 is 0 Å². The van der Waals surface area contributed by atoms with Gasteiger partial charge in [0.1, 0.15) is 0 Å². The summed E-state index contributed by atoms with van der Waals surface area (Å²) in [6, 6.07) is 7.85. The predicted molar refractivity (Wildman–Crippen MR) is 112 cm³/mol. The smallest absolute Gasteiger partial charge is 0.272 e. The monoisotopic (exact) mass is 396 g/mol. The largest absolute Gasteiger partial charge is 0.369 e. The van der Waals surface area contributed by atoms with E-state index in [1.807, 2.05) is 24.3 Å². The number of nitrogens with one attached hydrogen (secondary N) is 3. The third-order valence-corrected chi connectivity index (χ3v) is 5.70. The third-order valence-electron chi connectivity index (χ3n) is 5.70. The highest BCUT2D eigenvalue weighted by atomic mass is 16.2. The Labute approximate surface area is 170 Å². The lowest BCUT2D eigenvalue weighted by Gasteiger charge is -2.34. The molecule has 1 saturated heterocycles. The molecular formula is C21H28N6O2. The van der Waals surface area contributed by atoms with Crippen molar-refractivity contribution in [2.45, 2.75) is 25.7 Å². The molecular weight excluding hydrogens is 368 g/mol. The topological polar surface area (TPSA) is 93.4 Å². The Morgan fingerprint density at radius 2 is 1.79 bits per heavy atom. The maximum absolute atomic E-state index is 12.4. The zero-order valence-corrected chi connectivity index (χ0v) is 16.8. The molecule has 2 amide bonds. The molecule has 1 aromatic heterocycles. The van der Waals surface area contributed by atoms with E-state index in [9.17, 15) is 9.59 Å². The van der Waals surface area contributed by atoms with Crippen LogP contribution >= 0.6 is 0 Å². The van der Waals surface area contributed by atoms with E-state index in [2.05, 4.69) is 37.7 Å². The van der Waals surface area contributed by atoms with Gasteiger partial charge in [-0.15, -0.1) is 0 Å². The maximum atomic E-state index is 12.4. The van der Waals surface area contributed by atoms with Crippen molar-refractivity contribution in [1.82, 2.24) is 20.4 Å². The van der Waals surface area contributed by atoms with Gasteiger partial charge in [-0.05, 0) is 57.0 Å². The first-order valence-corrected chi connectivity index (χ1v) is 10.3. The van der Waals surface area contributed by atoms with Crippen LogP contribution in [-0.4, -0.2) is 66.7 Å². The molecule has 0 bridgehead atoms. The molecule has 2 heterocycles. The molecule has 8 nitrogen and oxygen atoms in total. The summed E-state index contributed by atoms with van der Waals surface area (Å²) in [5.41, 5.74) is 4.34. The van der Waals surface area contributed by atoms with E-state index in [-0.39, 0.29) is 18.4 Å². The minimum Gasteiger partial charge on any atom is -0.369 e. The Morgan fingerprint density at radius 3 is 2.55 bits per heavy atom. The number of benzene rings is 1. The molecule has 1 aromatic carbocycles. The summed E-state index contributed by atoms with van der Waals surface area (Å²) < 4.78 is 0. The van der Waals surface area contributed by atoms with Crippen LogP contribution in [0.15, 0.2) is 24.3 Å². The minimum absolute atomic E-state index is 0.0827. The van der Waals surface area contributed by atoms with E-state index in [1.165, 1.54) is 0 Å². The summed E-state index contributed by atoms with van der Waals surface area (Å²) >= 11 is 0. The number of amides is 2. The van der Waals surface area contributed by atoms with E-state index < -0.39 is 0 Å². The zero-order valence-electron chi connectivity index (χ0n) is 16.8. The number of anilines is 2. The van der Waals surface area contributed by atoms with Crippen LogP contribution in [0.1, 0.15) is 34.6 Å². The number of fused-ring (bicyclic) bond motifs is 1. The number of hydrogen-bond donors (Lipinski definition) is 3. The SMILES string of the molecule is CN1CCN(c2ccc(NC(=O)CNC(=O)c3n[nH]c4c3CCCC4)cc2)CC1. The van der Waals surface area contributed by atoms with Crippen molar-refractivity contribution in [2.24, 2.45) is 0 Å². The minimum atomic E-state index is -0.301. The molecule has 2 aromatic rings. The first kappa shape index (κ1) is 19.4. The molecule has 29 heavy (non-hydrogen) atoms. The first-order chi connectivity index (χ1) is 14.1. The van der Waals surface area contributed by atoms with Gasteiger partial charge in [-0.2, -0.15) is 5.10 Å². The second-order valence-electron chi connectivity index (χ2n) is 7.80. The van der Waals surface area contributed by atoms with Crippen LogP contribution in [0.2, 0.25) is 0 Å². The summed E-state index contributed by atoms with van der Waals surface area (Å²) in [5.74, 6) is -0.555. The van der Waals surface area contributed by atoms with E-state index in [4.69, 9.17) is 0 Å². The molecule has 0 radical (unpaired) electrons. The fraction of sp³-hybridized carbons (Fsp3) is 0.476. The average Bonchev–Trinajstić information content (AvgIpc) is 3.17. The lowest BCUT2D eigenvalue weighted by Crippen LogP contribution is -2.44. The van der Waals surface area contributed by atoms with Crippen molar-refractivity contribution >= 4 is 23.2 Å². The van der Waals surface area contributed by atoms with Crippen LogP contribution in [0.4, 0.5) is 11.4 Å². The summed E-state index contributed by atoms with van der Waals surface area (Å²) in [5, 5.41) is 12.6. The van der Waals surface area contributed by atoms with Crippen molar-refractivity contribution in [3.05, 3.63) is 41.2 Å². The first-order valence-electron chi connectivity index (χ1n) is 10.3. The van der Waals surface area contributed by atoms with Gasteiger partial charge in [0, 0.05) is 48.8 Å². The number of aromatic nitrogens is 2. The predicted octanol–water partition coefficient (Wildman–Crippen LogP) is 1.41. The summed E-state index contributed by atoms with van der Waals surface area (Å²) in [4.78, 5) is 29.3. The van der Waals surface area contributed by atoms with Gasteiger partial charge >= 0.3 is 0 Å². The molecule has 0 unspecified atom stereocenters. The lowest BCUT2D eigenvalue weighted by molar-refractivity contribution is -0.115. The molecule has 8 heteroatoms. The second-order valence-corrected chi connectivity index (χ2v) is 7.80. The van der Waals surface area contributed by atoms with Gasteiger partial charge in [0.05, 0.1) is 6.54 Å². The Morgan fingerprint density at radius 1 is 1.07 bits per heavy atom. The number of carbonyl (C=O) groups excluding carboxylic acids is 2. The van der Waals surface area contributed by atoms with Crippen LogP contribution in [0.5, 0.6) is 0 Å². The number of rotatable bonds is 5. The van der Waals surface area contributed by atoms with E-state index in [1.54, 1.807) is 0 Å². The van der Waals surface area contributed by atoms with Crippen molar-refractivity contribution in [3.63, 3.8) is 0 Å². The number of hydrogen-bond acceptors (Lipinski definition) is 5. The molecule has 1 aliphatic carbocycles. The van der Waals surface area contributed by atoms with Crippen molar-refractivity contribution in [3.8, 4) is 0 Å². The second kappa shape index (κ2) is 8.65. The third kappa shape index (κ3) is 4.59. The van der Waals surface area contributed by atoms with Gasteiger partial charge in [-0.3, -0.25) is 14.7 Å². The molecule has 3 N–H and O–H groups in total. The molecule has 2 aliphatic rings. The average molecular weight is 396 g/mol. The number of carbonyl (C=O) groups is 2. The van der Waals surface area contributed by atoms with Gasteiger partial charge in [-0.25, -0.2) is 0 Å². The van der Waals surface area contributed by atoms with Gasteiger partial charge in [0.25, 0.3) is 5.91 Å². The van der Waals surface area contributed by atoms with Crippen LogP contribution < -0.4 is 15.5 Å². The normalized spacial score (nSPS) is 16.9. The van der Waals surface area contributed by atoms with Crippen LogP contribution in [0.25, 0.3) is 0 Å². The number of H-pyrrole nitrogens is 1. The van der Waals surface area contributed by atoms with Gasteiger partial charge in [0.15, 0.2) is 5.69 Å². The summed E-state index contributed by atoms with van der Waals surface area (Å²) in [7, 11) is 2.13. The quantitative estimate of drug-likeness (QED) is 0.711. The van der Waals surface area contributed by atoms with Gasteiger partial charge in [-0.1, -0.05) is 0 Å². The maximum Gasteiger partial charge on any atom is 0.272 e. The number of aryl methyl sites for hydroxylation is 1. The van der Waals surface area contributed by atoms with E-state index in [0.29, 0.717) is 5.69 Å². The van der Waals surface area contributed by atoms with E-state index in [0.717, 1.165) is 74.5 Å². The number of likely N-dealkylation sites (N-methyl/N-ethyl adjacent to an activating group) is 1. The van der Waals surface area contributed by atoms with Gasteiger partial charge < -0.3 is 20.4 Å². The zero-order chi connectivity index (χ0) is 20.2. The highest BCUT2D eigenvalue weighted by Crippen LogP contribution is 2.22. The van der Waals surface area contributed by atoms with Crippen LogP contribution in [0.3, 0.4) is 0 Å². The summed E-state index contributed by atoms with van der Waals surface area (Å²) in [6.45, 7) is 4.03. The molecule has 154 valence electrons. The summed E-state index contributed by atoms with van der Waals surface area (Å²) in [6.07, 6.45) is 3.98. The Hall–Kier alpha value is -2.87. The van der Waals surface area contributed by atoms with Crippen LogP contribution in [-0.2, 0) is 17.6 Å². The Bertz CT molecular complexity index is 868. The molecule has 1 aliphatic heterocycles. The molecule has 0 atom stereocenters. The molecule has 1 fully saturated rings. The molecule has 0 spiro atoms. The highest BCUT2D eigenvalue weighted by molar-refractivity contribution is 5.99. The standard InChI is InChI=1S/C21H28N6O2/c1-26-10-12-27(13-11-26)16-8-6-15(7-9-16)23-19(28)14-22-21(29)20-17-4-2-3-5-18(17)24-25-20/h6-9H,2-5,10-14H2,1H3,(H,22,29)(H,23,28)(H,24,25). The van der Waals surface area contributed by atoms with Gasteiger partial charge in [0.2, 0.25) is 5.91 Å². The molecule has 0 saturated carbocycles. The molecule has 4 rings (SSSR count). The fourth-order valence-electron chi connectivity index (χ4n) is 3.94. The van der Waals surface area contributed by atoms with Crippen molar-refractivity contribution < 1.29 is 9.59 Å².